The minimum atomic E-state index is -2.93. The second-order valence-electron chi connectivity index (χ2n) is 8.99. The predicted molar refractivity (Wildman–Crippen MR) is 121 cm³/mol. The number of rotatable bonds is 5. The minimum absolute atomic E-state index is 0.0719. The molecule has 36 heavy (non-hydrogen) atoms. The molecule has 7 N–H and O–H groups in total. The van der Waals surface area contributed by atoms with Gasteiger partial charge >= 0.3 is 5.97 Å². The summed E-state index contributed by atoms with van der Waals surface area (Å²) in [5.74, 6) is -10.2. The highest BCUT2D eigenvalue weighted by Crippen LogP contribution is 2.57. The molecule has 5 unspecified atom stereocenters. The van der Waals surface area contributed by atoms with E-state index in [0.29, 0.717) is 12.0 Å². The van der Waals surface area contributed by atoms with E-state index in [-0.39, 0.29) is 17.7 Å². The van der Waals surface area contributed by atoms with Crippen LogP contribution in [0.15, 0.2) is 29.0 Å². The molecule has 2 amide bonds. The van der Waals surface area contributed by atoms with Crippen LogP contribution in [0.4, 0.5) is 5.69 Å². The van der Waals surface area contributed by atoms with Gasteiger partial charge in [-0.2, -0.15) is 0 Å². The lowest BCUT2D eigenvalue weighted by Crippen LogP contribution is -2.64. The molecule has 0 saturated heterocycles. The number of ether oxygens (including phenoxy) is 1. The first kappa shape index (κ1) is 24.9. The number of ketones is 2. The number of esters is 1. The third kappa shape index (κ3) is 3.21. The van der Waals surface area contributed by atoms with Gasteiger partial charge in [-0.1, -0.05) is 19.9 Å². The Morgan fingerprint density at radius 2 is 1.92 bits per heavy atom. The molecule has 3 aliphatic rings. The van der Waals surface area contributed by atoms with Crippen molar-refractivity contribution in [3.63, 3.8) is 0 Å². The molecule has 0 aromatic heterocycles. The van der Waals surface area contributed by atoms with E-state index < -0.39 is 87.7 Å². The van der Waals surface area contributed by atoms with Gasteiger partial charge in [-0.3, -0.25) is 24.0 Å². The fourth-order valence-corrected chi connectivity index (χ4v) is 5.54. The van der Waals surface area contributed by atoms with Gasteiger partial charge in [-0.15, -0.1) is 0 Å². The van der Waals surface area contributed by atoms with Crippen LogP contribution in [0.1, 0.15) is 43.7 Å². The highest BCUT2D eigenvalue weighted by atomic mass is 16.5. The smallest absolute Gasteiger partial charge is 0.305 e. The minimum Gasteiger partial charge on any atom is -0.508 e. The maximum atomic E-state index is 13.8. The van der Waals surface area contributed by atoms with Gasteiger partial charge in [0.05, 0.1) is 11.3 Å². The zero-order valence-corrected chi connectivity index (χ0v) is 19.3. The third-order valence-electron chi connectivity index (χ3n) is 7.24. The molecule has 1 aromatic carbocycles. The van der Waals surface area contributed by atoms with Crippen molar-refractivity contribution in [3.05, 3.63) is 40.2 Å². The molecule has 0 aliphatic heterocycles. The van der Waals surface area contributed by atoms with Crippen molar-refractivity contribution in [2.75, 3.05) is 5.32 Å². The van der Waals surface area contributed by atoms with E-state index in [1.807, 2.05) is 0 Å². The lowest BCUT2D eigenvalue weighted by atomic mass is 9.55. The average Bonchev–Trinajstić information content (AvgIpc) is 2.82. The van der Waals surface area contributed by atoms with E-state index in [0.717, 1.165) is 0 Å². The lowest BCUT2D eigenvalue weighted by molar-refractivity contribution is -0.178. The first-order chi connectivity index (χ1) is 16.9. The highest BCUT2D eigenvalue weighted by Gasteiger charge is 2.66. The van der Waals surface area contributed by atoms with Crippen LogP contribution in [-0.4, -0.2) is 62.0 Å². The molecule has 12 heteroatoms. The second-order valence-corrected chi connectivity index (χ2v) is 8.99. The van der Waals surface area contributed by atoms with Gasteiger partial charge < -0.3 is 36.2 Å². The van der Waals surface area contributed by atoms with Crippen molar-refractivity contribution in [1.29, 1.82) is 0 Å². The van der Waals surface area contributed by atoms with Crippen LogP contribution in [0.2, 0.25) is 0 Å². The number of phenols is 1. The van der Waals surface area contributed by atoms with E-state index in [1.165, 1.54) is 19.1 Å². The number of primary amides is 1. The number of amides is 2. The highest BCUT2D eigenvalue weighted by molar-refractivity contribution is 6.23. The number of nitrogens with two attached hydrogens (primary N) is 1. The topological polar surface area (TPSA) is 214 Å². The number of hydrogen-bond acceptors (Lipinski definition) is 10. The largest absolute Gasteiger partial charge is 0.508 e. The molecule has 5 atom stereocenters. The molecular weight excluding hydrogens is 476 g/mol. The molecule has 0 heterocycles. The monoisotopic (exact) mass is 500 g/mol. The number of carbonyl (C=O) groups is 5. The number of anilines is 1. The Kier molecular flexibility index (Phi) is 5.87. The fourth-order valence-electron chi connectivity index (χ4n) is 5.54. The number of fused-ring (bicyclic) bond motifs is 3. The first-order valence-electron chi connectivity index (χ1n) is 11.1. The molecule has 1 aromatic rings. The van der Waals surface area contributed by atoms with Crippen LogP contribution < -0.4 is 11.1 Å². The van der Waals surface area contributed by atoms with Crippen LogP contribution in [0.5, 0.6) is 5.75 Å². The normalized spacial score (nSPS) is 29.2. The van der Waals surface area contributed by atoms with Crippen molar-refractivity contribution in [2.24, 2.45) is 17.6 Å². The van der Waals surface area contributed by atoms with E-state index >= 15 is 0 Å². The quantitative estimate of drug-likeness (QED) is 0.142. The van der Waals surface area contributed by atoms with E-state index in [1.54, 1.807) is 6.92 Å². The van der Waals surface area contributed by atoms with Crippen molar-refractivity contribution in [1.82, 2.24) is 0 Å². The summed E-state index contributed by atoms with van der Waals surface area (Å²) in [6.07, 6.45) is -1.84. The summed E-state index contributed by atoms with van der Waals surface area (Å²) in [5.41, 5.74) is 0.890. The number of nitrogens with one attached hydrogen (secondary N) is 1. The van der Waals surface area contributed by atoms with Gasteiger partial charge in [0.2, 0.25) is 12.2 Å². The Bertz CT molecular complexity index is 1300. The van der Waals surface area contributed by atoms with E-state index in [2.05, 4.69) is 5.32 Å². The maximum Gasteiger partial charge on any atom is 0.305 e. The zero-order chi connectivity index (χ0) is 26.7. The van der Waals surface area contributed by atoms with Crippen LogP contribution in [0.3, 0.4) is 0 Å². The van der Waals surface area contributed by atoms with Crippen LogP contribution >= 0.6 is 0 Å². The van der Waals surface area contributed by atoms with Gasteiger partial charge in [-0.25, -0.2) is 0 Å². The molecule has 4 rings (SSSR count). The summed E-state index contributed by atoms with van der Waals surface area (Å²) in [4.78, 5) is 61.6. The number of hydrogen-bond donors (Lipinski definition) is 6. The predicted octanol–water partition coefficient (Wildman–Crippen LogP) is 0.485. The second kappa shape index (κ2) is 8.48. The maximum absolute atomic E-state index is 13.8. The SMILES string of the molecule is CCC(=O)OC1C2C(=C(O)c3c(ccc(NC=O)c3O)C2C)C(=O)C2(O)C(O)=C(C(N)=O)C(=O)CC12. The molecule has 0 bridgehead atoms. The summed E-state index contributed by atoms with van der Waals surface area (Å²) in [5, 5.41) is 46.6. The Balaban J connectivity index is 2.04. The number of aliphatic hydroxyl groups excluding tert-OH is 2. The standard InChI is InChI=1S/C24H24N2O10/c1-3-13(29)36-20-10-6-12(28)16(23(25)34)21(32)24(10,35)22(33)17-14(20)8(2)9-4-5-11(26-7-27)18(30)15(9)19(17)31/h4-5,7-8,10,14,20,30-32,35H,3,6H2,1-2H3,(H2,25,34)(H,26,27). The number of aromatic hydroxyl groups is 1. The summed E-state index contributed by atoms with van der Waals surface area (Å²) in [6, 6.07) is 2.88. The number of benzene rings is 1. The fraction of sp³-hybridized carbons (Fsp3) is 0.375. The van der Waals surface area contributed by atoms with Gasteiger partial charge in [0, 0.05) is 30.3 Å². The van der Waals surface area contributed by atoms with Gasteiger partial charge in [-0.05, 0) is 17.5 Å². The molecular formula is C24H24N2O10. The summed E-state index contributed by atoms with van der Waals surface area (Å²) in [7, 11) is 0. The van der Waals surface area contributed by atoms with Crippen molar-refractivity contribution >= 4 is 41.3 Å². The van der Waals surface area contributed by atoms with Crippen LogP contribution in [0, 0.1) is 11.8 Å². The molecule has 12 nitrogen and oxygen atoms in total. The van der Waals surface area contributed by atoms with Crippen LogP contribution in [-0.2, 0) is 28.7 Å². The Labute approximate surface area is 204 Å². The first-order valence-corrected chi connectivity index (χ1v) is 11.1. The molecule has 3 aliphatic carbocycles. The summed E-state index contributed by atoms with van der Waals surface area (Å²) >= 11 is 0. The molecule has 0 spiro atoms. The number of Topliss-reactive ketones (excluding diaryl/α,β-unsaturated/α-hetero) is 2. The van der Waals surface area contributed by atoms with Gasteiger partial charge in [0.25, 0.3) is 5.91 Å². The average molecular weight is 500 g/mol. The number of aliphatic hydroxyl groups is 3. The van der Waals surface area contributed by atoms with E-state index in [4.69, 9.17) is 10.5 Å². The molecule has 1 fully saturated rings. The lowest BCUT2D eigenvalue weighted by Gasteiger charge is -2.51. The Morgan fingerprint density at radius 3 is 2.50 bits per heavy atom. The summed E-state index contributed by atoms with van der Waals surface area (Å²) in [6.45, 7) is 3.13. The Hall–Kier alpha value is -4.19. The van der Waals surface area contributed by atoms with Crippen LogP contribution in [0.25, 0.3) is 5.76 Å². The van der Waals surface area contributed by atoms with Crippen molar-refractivity contribution in [3.8, 4) is 5.75 Å². The molecule has 0 radical (unpaired) electrons. The van der Waals surface area contributed by atoms with Gasteiger partial charge in [0.15, 0.2) is 11.4 Å². The molecule has 190 valence electrons. The van der Waals surface area contributed by atoms with E-state index in [9.17, 15) is 44.4 Å². The molecule has 1 saturated carbocycles. The Morgan fingerprint density at radius 1 is 1.25 bits per heavy atom. The zero-order valence-electron chi connectivity index (χ0n) is 19.3. The third-order valence-corrected chi connectivity index (χ3v) is 7.24. The number of phenolic OH excluding ortho intramolecular Hbond substituents is 1. The summed E-state index contributed by atoms with van der Waals surface area (Å²) < 4.78 is 5.59. The van der Waals surface area contributed by atoms with Crippen molar-refractivity contribution in [2.45, 2.75) is 44.3 Å². The van der Waals surface area contributed by atoms with Gasteiger partial charge in [0.1, 0.15) is 28.9 Å². The van der Waals surface area contributed by atoms with Crippen molar-refractivity contribution < 1.29 is 49.1 Å². The number of carbonyl (C=O) groups excluding carboxylic acids is 5.